The van der Waals surface area contributed by atoms with Crippen LogP contribution in [-0.2, 0) is 38.6 Å². The summed E-state index contributed by atoms with van der Waals surface area (Å²) in [6.45, 7) is 0.672. The highest BCUT2D eigenvalue weighted by molar-refractivity contribution is 7.89. The van der Waals surface area contributed by atoms with Gasteiger partial charge in [0, 0.05) is 26.1 Å². The summed E-state index contributed by atoms with van der Waals surface area (Å²) in [5.41, 5.74) is 1.39. The molecule has 8 nitrogen and oxygen atoms in total. The molecule has 1 aromatic heterocycles. The highest BCUT2D eigenvalue weighted by Crippen LogP contribution is 2.37. The molecule has 1 aromatic carbocycles. The second kappa shape index (κ2) is 6.41. The van der Waals surface area contributed by atoms with Crippen molar-refractivity contribution in [3.05, 3.63) is 41.1 Å². The fraction of sp³-hybridized carbons (Fsp3) is 0.438. The van der Waals surface area contributed by atoms with E-state index in [2.05, 4.69) is 5.10 Å². The quantitative estimate of drug-likeness (QED) is 0.799. The predicted molar refractivity (Wildman–Crippen MR) is 89.9 cm³/mol. The molecule has 1 aliphatic rings. The molecule has 0 radical (unpaired) electrons. The largest absolute Gasteiger partial charge is 0.497 e. The lowest BCUT2D eigenvalue weighted by Crippen LogP contribution is -2.50. The van der Waals surface area contributed by atoms with Crippen molar-refractivity contribution in [2.45, 2.75) is 17.0 Å². The zero-order valence-corrected chi connectivity index (χ0v) is 15.2. The van der Waals surface area contributed by atoms with Crippen molar-refractivity contribution in [3.63, 3.8) is 0 Å². The summed E-state index contributed by atoms with van der Waals surface area (Å²) in [5.74, 6) is 0.725. The Hall–Kier alpha value is -1.94. The molecule has 1 aliphatic heterocycles. The van der Waals surface area contributed by atoms with Crippen LogP contribution in [-0.4, -0.2) is 45.6 Å². The van der Waals surface area contributed by atoms with Crippen LogP contribution in [0.3, 0.4) is 0 Å². The summed E-state index contributed by atoms with van der Waals surface area (Å²) in [6, 6.07) is 7.39. The lowest BCUT2D eigenvalue weighted by atomic mass is 9.91. The number of rotatable bonds is 6. The summed E-state index contributed by atoms with van der Waals surface area (Å²) in [5, 5.41) is 9.40. The molecular weight excluding hydrogens is 346 g/mol. The van der Waals surface area contributed by atoms with Gasteiger partial charge in [-0.05, 0) is 17.7 Å². The molecule has 0 bridgehead atoms. The Bertz CT molecular complexity index is 864. The van der Waals surface area contributed by atoms with Crippen LogP contribution in [0.5, 0.6) is 5.75 Å². The number of aromatic nitrogens is 2. The van der Waals surface area contributed by atoms with Crippen molar-refractivity contribution in [3.8, 4) is 5.75 Å². The molecule has 3 rings (SSSR count). The van der Waals surface area contributed by atoms with Gasteiger partial charge in [-0.1, -0.05) is 12.1 Å². The third kappa shape index (κ3) is 3.15. The molecule has 136 valence electrons. The van der Waals surface area contributed by atoms with Gasteiger partial charge in [-0.3, -0.25) is 4.68 Å². The lowest BCUT2D eigenvalue weighted by molar-refractivity contribution is -0.206. The predicted octanol–water partition coefficient (Wildman–Crippen LogP) is 0.539. The molecular formula is C16H21N3O5S. The van der Waals surface area contributed by atoms with E-state index in [0.717, 1.165) is 11.3 Å². The van der Waals surface area contributed by atoms with E-state index in [1.165, 1.54) is 4.68 Å². The molecule has 0 atom stereocenters. The van der Waals surface area contributed by atoms with Crippen LogP contribution in [0.1, 0.15) is 16.8 Å². The molecule has 0 saturated carbocycles. The summed E-state index contributed by atoms with van der Waals surface area (Å²) >= 11 is 0. The zero-order valence-electron chi connectivity index (χ0n) is 14.4. The van der Waals surface area contributed by atoms with Crippen LogP contribution in [0.4, 0.5) is 0 Å². The first kappa shape index (κ1) is 17.9. The minimum absolute atomic E-state index is 0.135. The SMILES string of the molecule is COc1ccc(Cc2c(S(N)(=O)=O)nn(C)c2C2(OC)COC2)cc1. The van der Waals surface area contributed by atoms with E-state index in [-0.39, 0.29) is 5.03 Å². The van der Waals surface area contributed by atoms with E-state index in [1.54, 1.807) is 21.3 Å². The molecule has 2 aromatic rings. The van der Waals surface area contributed by atoms with E-state index in [4.69, 9.17) is 19.3 Å². The Morgan fingerprint density at radius 2 is 1.92 bits per heavy atom. The van der Waals surface area contributed by atoms with Crippen LogP contribution in [0, 0.1) is 0 Å². The van der Waals surface area contributed by atoms with Crippen LogP contribution in [0.15, 0.2) is 29.3 Å². The average Bonchev–Trinajstić information content (AvgIpc) is 2.86. The van der Waals surface area contributed by atoms with Gasteiger partial charge in [-0.15, -0.1) is 0 Å². The molecule has 0 amide bonds. The third-order valence-electron chi connectivity index (χ3n) is 4.41. The van der Waals surface area contributed by atoms with Crippen molar-refractivity contribution in [2.75, 3.05) is 27.4 Å². The maximum absolute atomic E-state index is 12.0. The number of aryl methyl sites for hydroxylation is 1. The fourth-order valence-electron chi connectivity index (χ4n) is 3.09. The third-order valence-corrected chi connectivity index (χ3v) is 5.28. The van der Waals surface area contributed by atoms with Gasteiger partial charge in [0.1, 0.15) is 5.75 Å². The molecule has 0 unspecified atom stereocenters. The summed E-state index contributed by atoms with van der Waals surface area (Å²) in [7, 11) is 0.870. The van der Waals surface area contributed by atoms with Gasteiger partial charge in [0.2, 0.25) is 0 Å². The summed E-state index contributed by atoms with van der Waals surface area (Å²) in [6.07, 6.45) is 0.351. The molecule has 2 N–H and O–H groups in total. The second-order valence-electron chi connectivity index (χ2n) is 6.02. The molecule has 9 heteroatoms. The Balaban J connectivity index is 2.11. The Morgan fingerprint density at radius 3 is 2.36 bits per heavy atom. The number of benzene rings is 1. The first-order valence-electron chi connectivity index (χ1n) is 7.66. The maximum Gasteiger partial charge on any atom is 0.257 e. The molecule has 0 spiro atoms. The zero-order chi connectivity index (χ0) is 18.2. The summed E-state index contributed by atoms with van der Waals surface area (Å²) in [4.78, 5) is 0. The van der Waals surface area contributed by atoms with Gasteiger partial charge in [-0.2, -0.15) is 5.10 Å². The van der Waals surface area contributed by atoms with E-state index in [0.29, 0.717) is 30.9 Å². The second-order valence-corrected chi connectivity index (χ2v) is 7.49. The first-order chi connectivity index (χ1) is 11.8. The van der Waals surface area contributed by atoms with E-state index >= 15 is 0 Å². The molecule has 25 heavy (non-hydrogen) atoms. The van der Waals surface area contributed by atoms with E-state index in [1.807, 2.05) is 24.3 Å². The Morgan fingerprint density at radius 1 is 1.28 bits per heavy atom. The van der Waals surface area contributed by atoms with Crippen molar-refractivity contribution < 1.29 is 22.6 Å². The van der Waals surface area contributed by atoms with E-state index < -0.39 is 15.6 Å². The van der Waals surface area contributed by atoms with E-state index in [9.17, 15) is 8.42 Å². The number of methoxy groups -OCH3 is 2. The van der Waals surface area contributed by atoms with Gasteiger partial charge in [-0.25, -0.2) is 13.6 Å². The van der Waals surface area contributed by atoms with Gasteiger partial charge in [0.05, 0.1) is 26.0 Å². The molecule has 0 aliphatic carbocycles. The van der Waals surface area contributed by atoms with Crippen LogP contribution >= 0.6 is 0 Å². The number of nitrogens with zero attached hydrogens (tertiary/aromatic N) is 2. The first-order valence-corrected chi connectivity index (χ1v) is 9.20. The lowest BCUT2D eigenvalue weighted by Gasteiger charge is -2.40. The molecule has 1 fully saturated rings. The number of nitrogens with two attached hydrogens (primary N) is 1. The van der Waals surface area contributed by atoms with Crippen molar-refractivity contribution in [1.29, 1.82) is 0 Å². The number of hydrogen-bond donors (Lipinski definition) is 1. The highest BCUT2D eigenvalue weighted by Gasteiger charge is 2.46. The van der Waals surface area contributed by atoms with Crippen LogP contribution in [0.25, 0.3) is 0 Å². The Labute approximate surface area is 146 Å². The summed E-state index contributed by atoms with van der Waals surface area (Å²) < 4.78 is 41.7. The fourth-order valence-corrected chi connectivity index (χ4v) is 3.84. The van der Waals surface area contributed by atoms with Gasteiger partial charge < -0.3 is 14.2 Å². The van der Waals surface area contributed by atoms with Crippen molar-refractivity contribution in [2.24, 2.45) is 12.2 Å². The smallest absolute Gasteiger partial charge is 0.257 e. The van der Waals surface area contributed by atoms with Gasteiger partial charge in [0.25, 0.3) is 10.0 Å². The topological polar surface area (TPSA) is 106 Å². The highest BCUT2D eigenvalue weighted by atomic mass is 32.2. The maximum atomic E-state index is 12.0. The normalized spacial score (nSPS) is 16.5. The standard InChI is InChI=1S/C16H21N3O5S/c1-19-14(16(23-3)9-24-10-16)13(15(18-19)25(17,20)21)8-11-4-6-12(22-2)7-5-11/h4-7H,8-10H2,1-3H3,(H2,17,20,21). The minimum atomic E-state index is -3.97. The van der Waals surface area contributed by atoms with Crippen molar-refractivity contribution >= 4 is 10.0 Å². The van der Waals surface area contributed by atoms with Crippen LogP contribution < -0.4 is 9.88 Å². The molecule has 2 heterocycles. The number of hydrogen-bond acceptors (Lipinski definition) is 6. The Kier molecular flexibility index (Phi) is 4.58. The van der Waals surface area contributed by atoms with Crippen molar-refractivity contribution in [1.82, 2.24) is 9.78 Å². The minimum Gasteiger partial charge on any atom is -0.497 e. The number of sulfonamides is 1. The average molecular weight is 367 g/mol. The van der Waals surface area contributed by atoms with Gasteiger partial charge >= 0.3 is 0 Å². The number of primary sulfonamides is 1. The number of ether oxygens (including phenoxy) is 3. The van der Waals surface area contributed by atoms with Crippen LogP contribution in [0.2, 0.25) is 0 Å². The van der Waals surface area contributed by atoms with Gasteiger partial charge in [0.15, 0.2) is 10.6 Å². The molecule has 1 saturated heterocycles. The monoisotopic (exact) mass is 367 g/mol.